The van der Waals surface area contributed by atoms with Crippen LogP contribution in [0.1, 0.15) is 39.0 Å². The van der Waals surface area contributed by atoms with Gasteiger partial charge in [-0.3, -0.25) is 9.59 Å². The second-order valence-electron chi connectivity index (χ2n) is 4.60. The van der Waals surface area contributed by atoms with Gasteiger partial charge in [0.2, 0.25) is 11.8 Å². The van der Waals surface area contributed by atoms with E-state index in [-0.39, 0.29) is 11.8 Å². The van der Waals surface area contributed by atoms with E-state index in [0.717, 1.165) is 12.8 Å². The Hall–Kier alpha value is -1.59. The molecule has 1 aliphatic rings. The fourth-order valence-electron chi connectivity index (χ4n) is 2.04. The molecule has 0 aromatic heterocycles. The molecule has 0 aromatic rings. The Labute approximate surface area is 106 Å². The Morgan fingerprint density at radius 2 is 2.22 bits per heavy atom. The number of carboxylic acid groups (broad SMARTS) is 1. The van der Waals surface area contributed by atoms with Crippen molar-refractivity contribution in [3.05, 3.63) is 0 Å². The van der Waals surface area contributed by atoms with Gasteiger partial charge in [0.05, 0.1) is 0 Å². The van der Waals surface area contributed by atoms with Crippen molar-refractivity contribution in [3.8, 4) is 0 Å². The van der Waals surface area contributed by atoms with E-state index in [1.807, 2.05) is 6.92 Å². The molecule has 1 fully saturated rings. The number of aliphatic carboxylic acids is 1. The van der Waals surface area contributed by atoms with Crippen LogP contribution >= 0.6 is 0 Å². The Morgan fingerprint density at radius 1 is 1.56 bits per heavy atom. The van der Waals surface area contributed by atoms with Crippen LogP contribution in [0.2, 0.25) is 0 Å². The smallest absolute Gasteiger partial charge is 0.326 e. The standard InChI is InChI=1S/C12H20N2O4/c1-3-4-5-8(12(17)18)13-11(16)9-6-7-10(15)14(9)2/h8-9H,3-7H2,1-2H3,(H,13,16)(H,17,18). The molecule has 18 heavy (non-hydrogen) atoms. The van der Waals surface area contributed by atoms with Crippen LogP contribution in [0.4, 0.5) is 0 Å². The highest BCUT2D eigenvalue weighted by atomic mass is 16.4. The molecule has 6 heteroatoms. The highest BCUT2D eigenvalue weighted by Gasteiger charge is 2.34. The van der Waals surface area contributed by atoms with Crippen LogP contribution in [-0.2, 0) is 14.4 Å². The minimum atomic E-state index is -1.02. The number of hydrogen-bond donors (Lipinski definition) is 2. The molecule has 0 radical (unpaired) electrons. The van der Waals surface area contributed by atoms with Gasteiger partial charge in [-0.2, -0.15) is 0 Å². The summed E-state index contributed by atoms with van der Waals surface area (Å²) in [6.07, 6.45) is 2.85. The van der Waals surface area contributed by atoms with Gasteiger partial charge in [-0.05, 0) is 12.8 Å². The van der Waals surface area contributed by atoms with E-state index in [2.05, 4.69) is 5.32 Å². The number of carbonyl (C=O) groups excluding carboxylic acids is 2. The van der Waals surface area contributed by atoms with Crippen molar-refractivity contribution in [1.82, 2.24) is 10.2 Å². The average molecular weight is 256 g/mol. The molecule has 2 N–H and O–H groups in total. The maximum atomic E-state index is 11.9. The number of hydrogen-bond acceptors (Lipinski definition) is 3. The molecular weight excluding hydrogens is 236 g/mol. The lowest BCUT2D eigenvalue weighted by Gasteiger charge is -2.21. The summed E-state index contributed by atoms with van der Waals surface area (Å²) in [5.74, 6) is -1.47. The van der Waals surface area contributed by atoms with Crippen LogP contribution in [0, 0.1) is 0 Å². The summed E-state index contributed by atoms with van der Waals surface area (Å²) >= 11 is 0. The molecule has 0 bridgehead atoms. The normalized spacial score (nSPS) is 20.9. The van der Waals surface area contributed by atoms with Crippen molar-refractivity contribution in [2.45, 2.75) is 51.1 Å². The van der Waals surface area contributed by atoms with Crippen LogP contribution in [0.5, 0.6) is 0 Å². The SMILES string of the molecule is CCCCC(NC(=O)C1CCC(=O)N1C)C(=O)O. The third kappa shape index (κ3) is 3.45. The van der Waals surface area contributed by atoms with Crippen molar-refractivity contribution >= 4 is 17.8 Å². The molecular formula is C12H20N2O4. The molecule has 2 atom stereocenters. The monoisotopic (exact) mass is 256 g/mol. The molecule has 6 nitrogen and oxygen atoms in total. The average Bonchev–Trinajstić information content (AvgIpc) is 2.65. The maximum absolute atomic E-state index is 11.9. The molecule has 102 valence electrons. The molecule has 1 heterocycles. The predicted octanol–water partition coefficient (Wildman–Crippen LogP) is 0.367. The fraction of sp³-hybridized carbons (Fsp3) is 0.750. The number of carbonyl (C=O) groups is 3. The van der Waals surface area contributed by atoms with Gasteiger partial charge < -0.3 is 15.3 Å². The van der Waals surface area contributed by atoms with Crippen LogP contribution in [0.25, 0.3) is 0 Å². The quantitative estimate of drug-likeness (QED) is 0.718. The summed E-state index contributed by atoms with van der Waals surface area (Å²) in [6.45, 7) is 1.96. The van der Waals surface area contributed by atoms with Gasteiger partial charge in [-0.15, -0.1) is 0 Å². The van der Waals surface area contributed by atoms with Crippen molar-refractivity contribution in [1.29, 1.82) is 0 Å². The van der Waals surface area contributed by atoms with Gasteiger partial charge in [-0.25, -0.2) is 4.79 Å². The zero-order valence-corrected chi connectivity index (χ0v) is 10.8. The molecule has 1 aliphatic heterocycles. The van der Waals surface area contributed by atoms with E-state index in [9.17, 15) is 14.4 Å². The van der Waals surface area contributed by atoms with E-state index < -0.39 is 18.1 Å². The summed E-state index contributed by atoms with van der Waals surface area (Å²) in [5.41, 5.74) is 0. The van der Waals surface area contributed by atoms with E-state index in [1.54, 1.807) is 7.05 Å². The van der Waals surface area contributed by atoms with Gasteiger partial charge in [0.25, 0.3) is 0 Å². The first kappa shape index (κ1) is 14.5. The summed E-state index contributed by atoms with van der Waals surface area (Å²) in [6, 6.07) is -1.39. The van der Waals surface area contributed by atoms with Crippen LogP contribution in [0.15, 0.2) is 0 Å². The number of likely N-dealkylation sites (N-methyl/N-ethyl adjacent to an activating group) is 1. The van der Waals surface area contributed by atoms with Gasteiger partial charge in [0.1, 0.15) is 12.1 Å². The number of amides is 2. The van der Waals surface area contributed by atoms with Crippen LogP contribution in [0.3, 0.4) is 0 Å². The Bertz CT molecular complexity index is 343. The van der Waals surface area contributed by atoms with E-state index in [4.69, 9.17) is 5.11 Å². The summed E-state index contributed by atoms with van der Waals surface area (Å²) in [4.78, 5) is 35.6. The lowest BCUT2D eigenvalue weighted by Crippen LogP contribution is -2.49. The zero-order chi connectivity index (χ0) is 13.7. The first-order valence-corrected chi connectivity index (χ1v) is 6.26. The van der Waals surface area contributed by atoms with Crippen molar-refractivity contribution in [3.63, 3.8) is 0 Å². The van der Waals surface area contributed by atoms with E-state index in [1.165, 1.54) is 4.90 Å². The van der Waals surface area contributed by atoms with Crippen LogP contribution in [-0.4, -0.2) is 46.9 Å². The molecule has 0 saturated carbocycles. The fourth-order valence-corrected chi connectivity index (χ4v) is 2.04. The number of rotatable bonds is 6. The number of unbranched alkanes of at least 4 members (excludes halogenated alkanes) is 1. The van der Waals surface area contributed by atoms with Gasteiger partial charge in [0.15, 0.2) is 0 Å². The van der Waals surface area contributed by atoms with Crippen molar-refractivity contribution in [2.75, 3.05) is 7.05 Å². The number of nitrogens with zero attached hydrogens (tertiary/aromatic N) is 1. The van der Waals surface area contributed by atoms with E-state index >= 15 is 0 Å². The lowest BCUT2D eigenvalue weighted by molar-refractivity contribution is -0.143. The molecule has 1 rings (SSSR count). The Balaban J connectivity index is 2.56. The zero-order valence-electron chi connectivity index (χ0n) is 10.8. The highest BCUT2D eigenvalue weighted by Crippen LogP contribution is 2.16. The number of carboxylic acids is 1. The maximum Gasteiger partial charge on any atom is 0.326 e. The van der Waals surface area contributed by atoms with Crippen LogP contribution < -0.4 is 5.32 Å². The first-order chi connectivity index (χ1) is 8.47. The molecule has 1 saturated heterocycles. The molecule has 2 amide bonds. The van der Waals surface area contributed by atoms with Gasteiger partial charge in [0, 0.05) is 13.5 Å². The predicted molar refractivity (Wildman–Crippen MR) is 64.9 cm³/mol. The second-order valence-corrected chi connectivity index (χ2v) is 4.60. The lowest BCUT2D eigenvalue weighted by atomic mass is 10.1. The van der Waals surface area contributed by atoms with Gasteiger partial charge in [-0.1, -0.05) is 19.8 Å². The summed E-state index contributed by atoms with van der Waals surface area (Å²) in [5, 5.41) is 11.5. The molecule has 2 unspecified atom stereocenters. The number of nitrogens with one attached hydrogen (secondary N) is 1. The van der Waals surface area contributed by atoms with Crippen molar-refractivity contribution in [2.24, 2.45) is 0 Å². The van der Waals surface area contributed by atoms with Gasteiger partial charge >= 0.3 is 5.97 Å². The largest absolute Gasteiger partial charge is 0.480 e. The van der Waals surface area contributed by atoms with Crippen molar-refractivity contribution < 1.29 is 19.5 Å². The molecule has 0 aromatic carbocycles. The third-order valence-corrected chi connectivity index (χ3v) is 3.26. The first-order valence-electron chi connectivity index (χ1n) is 6.26. The molecule has 0 aliphatic carbocycles. The minimum absolute atomic E-state index is 0.0735. The Kier molecular flexibility index (Phi) is 5.12. The summed E-state index contributed by atoms with van der Waals surface area (Å²) < 4.78 is 0. The molecule has 0 spiro atoms. The van der Waals surface area contributed by atoms with E-state index in [0.29, 0.717) is 19.3 Å². The minimum Gasteiger partial charge on any atom is -0.480 e. The Morgan fingerprint density at radius 3 is 2.67 bits per heavy atom. The second kappa shape index (κ2) is 6.37. The number of likely N-dealkylation sites (tertiary alicyclic amines) is 1. The third-order valence-electron chi connectivity index (χ3n) is 3.26. The highest BCUT2D eigenvalue weighted by molar-refractivity contribution is 5.92. The summed E-state index contributed by atoms with van der Waals surface area (Å²) in [7, 11) is 1.57. The topological polar surface area (TPSA) is 86.7 Å².